The lowest BCUT2D eigenvalue weighted by molar-refractivity contribution is 0.305. The van der Waals surface area contributed by atoms with Gasteiger partial charge in [-0.25, -0.2) is 0 Å². The Morgan fingerprint density at radius 1 is 1.29 bits per heavy atom. The molecule has 0 rings (SSSR count). The first-order valence-corrected chi connectivity index (χ1v) is 5.84. The molecule has 0 heterocycles. The van der Waals surface area contributed by atoms with Gasteiger partial charge < -0.3 is 5.32 Å². The number of hydrogen-bond acceptors (Lipinski definition) is 2. The van der Waals surface area contributed by atoms with Crippen LogP contribution in [-0.2, 0) is 0 Å². The molecular formula is C12H26N2. The SMILES string of the molecule is C=C(CNCC)CN(CC)CCCC. The Kier molecular flexibility index (Phi) is 9.00. The molecule has 0 aliphatic rings. The van der Waals surface area contributed by atoms with Gasteiger partial charge in [0.05, 0.1) is 0 Å². The van der Waals surface area contributed by atoms with Crippen LogP contribution in [0.2, 0.25) is 0 Å². The topological polar surface area (TPSA) is 15.3 Å². The van der Waals surface area contributed by atoms with E-state index in [-0.39, 0.29) is 0 Å². The highest BCUT2D eigenvalue weighted by Gasteiger charge is 2.02. The zero-order chi connectivity index (χ0) is 10.8. The molecule has 0 aromatic carbocycles. The second kappa shape index (κ2) is 9.22. The molecular weight excluding hydrogens is 172 g/mol. The van der Waals surface area contributed by atoms with E-state index in [2.05, 4.69) is 37.6 Å². The molecule has 84 valence electrons. The van der Waals surface area contributed by atoms with Gasteiger partial charge in [-0.3, -0.25) is 4.90 Å². The van der Waals surface area contributed by atoms with E-state index in [4.69, 9.17) is 0 Å². The number of rotatable bonds is 9. The largest absolute Gasteiger partial charge is 0.313 e. The zero-order valence-electron chi connectivity index (χ0n) is 10.1. The van der Waals surface area contributed by atoms with E-state index in [9.17, 15) is 0 Å². The Balaban J connectivity index is 3.62. The molecule has 1 N–H and O–H groups in total. The summed E-state index contributed by atoms with van der Waals surface area (Å²) in [6.45, 7) is 16.0. The lowest BCUT2D eigenvalue weighted by Gasteiger charge is -2.21. The molecule has 0 aliphatic carbocycles. The highest BCUT2D eigenvalue weighted by molar-refractivity contribution is 4.99. The quantitative estimate of drug-likeness (QED) is 0.572. The number of nitrogens with one attached hydrogen (secondary N) is 1. The van der Waals surface area contributed by atoms with Crippen LogP contribution in [-0.4, -0.2) is 37.6 Å². The van der Waals surface area contributed by atoms with E-state index >= 15 is 0 Å². The Morgan fingerprint density at radius 2 is 2.00 bits per heavy atom. The van der Waals surface area contributed by atoms with E-state index in [1.165, 1.54) is 25.0 Å². The fourth-order valence-electron chi connectivity index (χ4n) is 1.40. The molecule has 0 amide bonds. The Morgan fingerprint density at radius 3 is 2.50 bits per heavy atom. The number of hydrogen-bond donors (Lipinski definition) is 1. The van der Waals surface area contributed by atoms with Crippen LogP contribution in [0.1, 0.15) is 33.6 Å². The van der Waals surface area contributed by atoms with Crippen LogP contribution in [0.5, 0.6) is 0 Å². The van der Waals surface area contributed by atoms with Crippen molar-refractivity contribution in [2.75, 3.05) is 32.7 Å². The summed E-state index contributed by atoms with van der Waals surface area (Å²) in [5.74, 6) is 0. The first-order chi connectivity index (χ1) is 6.74. The molecule has 0 saturated heterocycles. The molecule has 0 aromatic heterocycles. The third kappa shape index (κ3) is 7.10. The first kappa shape index (κ1) is 13.7. The number of nitrogens with zero attached hydrogens (tertiary/aromatic N) is 1. The molecule has 14 heavy (non-hydrogen) atoms. The summed E-state index contributed by atoms with van der Waals surface area (Å²) in [6.07, 6.45) is 2.57. The van der Waals surface area contributed by atoms with Gasteiger partial charge in [0.15, 0.2) is 0 Å². The van der Waals surface area contributed by atoms with Gasteiger partial charge in [0.1, 0.15) is 0 Å². The Hall–Kier alpha value is -0.340. The van der Waals surface area contributed by atoms with Crippen LogP contribution in [0.3, 0.4) is 0 Å². The third-order valence-corrected chi connectivity index (χ3v) is 2.35. The standard InChI is InChI=1S/C12H26N2/c1-5-8-9-14(7-3)11-12(4)10-13-6-2/h13H,4-11H2,1-3H3. The Bertz CT molecular complexity index is 143. The summed E-state index contributed by atoms with van der Waals surface area (Å²) < 4.78 is 0. The van der Waals surface area contributed by atoms with Crippen LogP contribution < -0.4 is 5.32 Å². The number of likely N-dealkylation sites (N-methyl/N-ethyl adjacent to an activating group) is 2. The van der Waals surface area contributed by atoms with Crippen molar-refractivity contribution in [1.82, 2.24) is 10.2 Å². The molecule has 2 heteroatoms. The minimum atomic E-state index is 0.957. The average molecular weight is 198 g/mol. The third-order valence-electron chi connectivity index (χ3n) is 2.35. The summed E-state index contributed by atoms with van der Waals surface area (Å²) >= 11 is 0. The monoisotopic (exact) mass is 198 g/mol. The van der Waals surface area contributed by atoms with E-state index in [1.54, 1.807) is 0 Å². The first-order valence-electron chi connectivity index (χ1n) is 5.84. The second-order valence-electron chi connectivity index (χ2n) is 3.75. The summed E-state index contributed by atoms with van der Waals surface area (Å²) in [5.41, 5.74) is 1.30. The van der Waals surface area contributed by atoms with E-state index < -0.39 is 0 Å². The normalized spacial score (nSPS) is 10.9. The highest BCUT2D eigenvalue weighted by atomic mass is 15.1. The fourth-order valence-corrected chi connectivity index (χ4v) is 1.40. The summed E-state index contributed by atoms with van der Waals surface area (Å²) in [7, 11) is 0. The average Bonchev–Trinajstić information content (AvgIpc) is 2.21. The minimum absolute atomic E-state index is 0.957. The molecule has 0 aromatic rings. The zero-order valence-corrected chi connectivity index (χ0v) is 10.1. The van der Waals surface area contributed by atoms with Crippen molar-refractivity contribution in [3.8, 4) is 0 Å². The van der Waals surface area contributed by atoms with E-state index in [1.807, 2.05) is 0 Å². The van der Waals surface area contributed by atoms with Gasteiger partial charge in [0, 0.05) is 13.1 Å². The van der Waals surface area contributed by atoms with E-state index in [0.717, 1.165) is 26.2 Å². The van der Waals surface area contributed by atoms with Gasteiger partial charge in [-0.2, -0.15) is 0 Å². The second-order valence-corrected chi connectivity index (χ2v) is 3.75. The predicted molar refractivity (Wildman–Crippen MR) is 64.7 cm³/mol. The van der Waals surface area contributed by atoms with Gasteiger partial charge in [0.25, 0.3) is 0 Å². The molecule has 0 saturated carbocycles. The van der Waals surface area contributed by atoms with Crippen LogP contribution in [0.4, 0.5) is 0 Å². The maximum Gasteiger partial charge on any atom is 0.0202 e. The van der Waals surface area contributed by atoms with Crippen molar-refractivity contribution >= 4 is 0 Å². The smallest absolute Gasteiger partial charge is 0.0202 e. The van der Waals surface area contributed by atoms with Crippen LogP contribution in [0.15, 0.2) is 12.2 Å². The van der Waals surface area contributed by atoms with Crippen LogP contribution in [0.25, 0.3) is 0 Å². The molecule has 0 atom stereocenters. The molecule has 2 nitrogen and oxygen atoms in total. The number of unbranched alkanes of at least 4 members (excludes halogenated alkanes) is 1. The lowest BCUT2D eigenvalue weighted by atomic mass is 10.2. The Labute approximate surface area is 89.4 Å². The molecule has 0 aliphatic heterocycles. The molecule has 0 bridgehead atoms. The van der Waals surface area contributed by atoms with Gasteiger partial charge in [-0.15, -0.1) is 0 Å². The predicted octanol–water partition coefficient (Wildman–Crippen LogP) is 2.27. The maximum absolute atomic E-state index is 4.08. The van der Waals surface area contributed by atoms with Crippen molar-refractivity contribution in [2.24, 2.45) is 0 Å². The van der Waals surface area contributed by atoms with Crippen molar-refractivity contribution < 1.29 is 0 Å². The maximum atomic E-state index is 4.08. The van der Waals surface area contributed by atoms with Gasteiger partial charge in [-0.1, -0.05) is 33.8 Å². The highest BCUT2D eigenvalue weighted by Crippen LogP contribution is 1.99. The van der Waals surface area contributed by atoms with Gasteiger partial charge >= 0.3 is 0 Å². The summed E-state index contributed by atoms with van der Waals surface area (Å²) in [5, 5.41) is 3.31. The minimum Gasteiger partial charge on any atom is -0.313 e. The molecule has 0 radical (unpaired) electrons. The van der Waals surface area contributed by atoms with Crippen molar-refractivity contribution in [1.29, 1.82) is 0 Å². The van der Waals surface area contributed by atoms with Crippen LogP contribution >= 0.6 is 0 Å². The van der Waals surface area contributed by atoms with Crippen molar-refractivity contribution in [2.45, 2.75) is 33.6 Å². The lowest BCUT2D eigenvalue weighted by Crippen LogP contribution is -2.29. The van der Waals surface area contributed by atoms with Gasteiger partial charge in [0.2, 0.25) is 0 Å². The van der Waals surface area contributed by atoms with Crippen molar-refractivity contribution in [3.05, 3.63) is 12.2 Å². The van der Waals surface area contributed by atoms with Gasteiger partial charge in [-0.05, 0) is 31.6 Å². The van der Waals surface area contributed by atoms with Crippen LogP contribution in [0, 0.1) is 0 Å². The molecule has 0 unspecified atom stereocenters. The molecule has 0 fully saturated rings. The van der Waals surface area contributed by atoms with E-state index in [0.29, 0.717) is 0 Å². The summed E-state index contributed by atoms with van der Waals surface area (Å²) in [4.78, 5) is 2.46. The fraction of sp³-hybridized carbons (Fsp3) is 0.833. The van der Waals surface area contributed by atoms with Crippen molar-refractivity contribution in [3.63, 3.8) is 0 Å². The summed E-state index contributed by atoms with van der Waals surface area (Å²) in [6, 6.07) is 0. The molecule has 0 spiro atoms.